The van der Waals surface area contributed by atoms with Crippen LogP contribution in [0.2, 0.25) is 0 Å². The summed E-state index contributed by atoms with van der Waals surface area (Å²) in [7, 11) is 0. The minimum Gasteiger partial charge on any atom is -0.484 e. The smallest absolute Gasteiger partial charge is 0.352 e. The van der Waals surface area contributed by atoms with Gasteiger partial charge in [-0.1, -0.05) is 5.10 Å². The number of aromatic nitrogens is 6. The Balaban J connectivity index is 1.28. The van der Waals surface area contributed by atoms with Crippen molar-refractivity contribution < 1.29 is 19.1 Å². The van der Waals surface area contributed by atoms with Crippen molar-refractivity contribution in [3.8, 4) is 11.6 Å². The summed E-state index contributed by atoms with van der Waals surface area (Å²) in [5.74, 6) is 1.72. The number of rotatable bonds is 9. The van der Waals surface area contributed by atoms with Gasteiger partial charge in [-0.25, -0.2) is 4.98 Å². The van der Waals surface area contributed by atoms with Crippen molar-refractivity contribution in [1.82, 2.24) is 29.3 Å². The third-order valence-corrected chi connectivity index (χ3v) is 8.02. The maximum absolute atomic E-state index is 11.9. The Morgan fingerprint density at radius 1 is 1.10 bits per heavy atom. The first-order valence-electron chi connectivity index (χ1n) is 14.5. The van der Waals surface area contributed by atoms with Crippen LogP contribution in [0.15, 0.2) is 43.2 Å². The Morgan fingerprint density at radius 3 is 2.57 bits per heavy atom. The topological polar surface area (TPSA) is 135 Å². The van der Waals surface area contributed by atoms with Crippen molar-refractivity contribution in [1.29, 1.82) is 0 Å². The van der Waals surface area contributed by atoms with Crippen molar-refractivity contribution >= 4 is 22.5 Å². The second-order valence-corrected chi connectivity index (χ2v) is 11.2. The highest BCUT2D eigenvalue weighted by Gasteiger charge is 2.29. The highest BCUT2D eigenvalue weighted by molar-refractivity contribution is 5.87. The lowest BCUT2D eigenvalue weighted by Gasteiger charge is -2.31. The summed E-state index contributed by atoms with van der Waals surface area (Å²) in [4.78, 5) is 27.5. The van der Waals surface area contributed by atoms with Crippen molar-refractivity contribution in [2.75, 3.05) is 31.2 Å². The van der Waals surface area contributed by atoms with E-state index in [0.29, 0.717) is 36.4 Å². The predicted octanol–water partition coefficient (Wildman–Crippen LogP) is 5.05. The normalized spacial score (nSPS) is 20.1. The summed E-state index contributed by atoms with van der Waals surface area (Å²) < 4.78 is 21.9. The molecule has 13 heteroatoms. The van der Waals surface area contributed by atoms with Crippen LogP contribution in [0.3, 0.4) is 0 Å². The van der Waals surface area contributed by atoms with Crippen LogP contribution in [0.5, 0.6) is 11.6 Å². The molecule has 2 fully saturated rings. The lowest BCUT2D eigenvalue weighted by Crippen LogP contribution is -2.36. The molecular formula is C29H36N8O5. The van der Waals surface area contributed by atoms with E-state index >= 15 is 0 Å². The maximum Gasteiger partial charge on any atom is 0.352 e. The summed E-state index contributed by atoms with van der Waals surface area (Å²) in [5, 5.41) is 16.8. The van der Waals surface area contributed by atoms with Gasteiger partial charge in [0.2, 0.25) is 5.88 Å². The lowest BCUT2D eigenvalue weighted by molar-refractivity contribution is -0.394. The highest BCUT2D eigenvalue weighted by Crippen LogP contribution is 2.36. The van der Waals surface area contributed by atoms with E-state index < -0.39 is 11.0 Å². The molecule has 13 nitrogen and oxygen atoms in total. The standard InChI is InChI=1S/C29H36N8O5/c1-19(2)36-29(37(38)39)25(17-32-36)20(3)41-23-14-24-26(31-16-23)15-27(34-10-12-40-13-11-34)33-28(24)42-22-6-4-21(5-7-22)35-9-8-30-18-35/h8-9,14-22H,4-7,10-13H2,1-3H3. The van der Waals surface area contributed by atoms with E-state index in [1.54, 1.807) is 13.1 Å². The van der Waals surface area contributed by atoms with Crippen LogP contribution in [-0.2, 0) is 4.74 Å². The fraction of sp³-hybridized carbons (Fsp3) is 0.517. The molecule has 42 heavy (non-hydrogen) atoms. The molecule has 1 aliphatic carbocycles. The minimum absolute atomic E-state index is 0.0217. The van der Waals surface area contributed by atoms with Crippen molar-refractivity contribution in [3.63, 3.8) is 0 Å². The van der Waals surface area contributed by atoms with Gasteiger partial charge in [0.15, 0.2) is 0 Å². The summed E-state index contributed by atoms with van der Waals surface area (Å²) in [5.41, 5.74) is 1.15. The summed E-state index contributed by atoms with van der Waals surface area (Å²) >= 11 is 0. The fourth-order valence-electron chi connectivity index (χ4n) is 5.77. The molecule has 5 heterocycles. The predicted molar refractivity (Wildman–Crippen MR) is 155 cm³/mol. The first-order chi connectivity index (χ1) is 20.4. The molecule has 0 spiro atoms. The number of imidazole rings is 1. The average Bonchev–Trinajstić information content (AvgIpc) is 3.69. The quantitative estimate of drug-likeness (QED) is 0.197. The first-order valence-corrected chi connectivity index (χ1v) is 14.5. The van der Waals surface area contributed by atoms with Crippen molar-refractivity contribution in [2.24, 2.45) is 0 Å². The number of fused-ring (bicyclic) bond motifs is 1. The Labute approximate surface area is 243 Å². The van der Waals surface area contributed by atoms with Crippen LogP contribution >= 0.6 is 0 Å². The average molecular weight is 577 g/mol. The van der Waals surface area contributed by atoms with E-state index in [9.17, 15) is 10.1 Å². The third-order valence-electron chi connectivity index (χ3n) is 8.02. The SMILES string of the molecule is CC(Oc1cnc2cc(N3CCOCC3)nc(OC3CCC(n4ccnc4)CC3)c2c1)c1cnn(C(C)C)c1[N+](=O)[O-]. The summed E-state index contributed by atoms with van der Waals surface area (Å²) in [6, 6.07) is 4.09. The fourth-order valence-corrected chi connectivity index (χ4v) is 5.77. The number of anilines is 1. The van der Waals surface area contributed by atoms with Crippen LogP contribution in [0.4, 0.5) is 11.6 Å². The van der Waals surface area contributed by atoms with Crippen LogP contribution in [-0.4, -0.2) is 66.6 Å². The summed E-state index contributed by atoms with van der Waals surface area (Å²) in [6.45, 7) is 8.26. The molecule has 6 rings (SSSR count). The molecule has 2 aliphatic rings. The number of morpholine rings is 1. The van der Waals surface area contributed by atoms with Crippen molar-refractivity contribution in [3.05, 3.63) is 58.9 Å². The van der Waals surface area contributed by atoms with Gasteiger partial charge in [-0.2, -0.15) is 4.98 Å². The second kappa shape index (κ2) is 11.9. The highest BCUT2D eigenvalue weighted by atomic mass is 16.6. The molecule has 0 radical (unpaired) electrons. The Bertz CT molecular complexity index is 1520. The Hall–Kier alpha value is -4.26. The molecule has 0 amide bonds. The Morgan fingerprint density at radius 2 is 1.88 bits per heavy atom. The molecule has 1 saturated carbocycles. The van der Waals surface area contributed by atoms with E-state index in [4.69, 9.17) is 24.2 Å². The van der Waals surface area contributed by atoms with Crippen LogP contribution in [0.1, 0.15) is 70.2 Å². The number of nitrogens with zero attached hydrogens (tertiary/aromatic N) is 8. The molecule has 1 aliphatic heterocycles. The largest absolute Gasteiger partial charge is 0.484 e. The van der Waals surface area contributed by atoms with Gasteiger partial charge in [-0.3, -0.25) is 4.98 Å². The molecule has 1 saturated heterocycles. The molecule has 222 valence electrons. The van der Waals surface area contributed by atoms with Crippen LogP contribution < -0.4 is 14.4 Å². The van der Waals surface area contributed by atoms with Gasteiger partial charge in [0, 0.05) is 37.6 Å². The van der Waals surface area contributed by atoms with E-state index in [-0.39, 0.29) is 18.0 Å². The van der Waals surface area contributed by atoms with Gasteiger partial charge in [-0.05, 0) is 57.4 Å². The molecule has 1 atom stereocenters. The van der Waals surface area contributed by atoms with E-state index in [1.807, 2.05) is 44.7 Å². The number of hydrogen-bond donors (Lipinski definition) is 0. The molecule has 4 aromatic heterocycles. The minimum atomic E-state index is -0.624. The van der Waals surface area contributed by atoms with Gasteiger partial charge in [0.25, 0.3) is 0 Å². The van der Waals surface area contributed by atoms with Gasteiger partial charge in [0.05, 0.1) is 42.8 Å². The Kier molecular flexibility index (Phi) is 7.92. The summed E-state index contributed by atoms with van der Waals surface area (Å²) in [6.07, 6.45) is 12.0. The van der Waals surface area contributed by atoms with Crippen LogP contribution in [0.25, 0.3) is 10.9 Å². The molecule has 0 aromatic carbocycles. The van der Waals surface area contributed by atoms with E-state index in [1.165, 1.54) is 10.9 Å². The van der Waals surface area contributed by atoms with Gasteiger partial charge in [-0.15, -0.1) is 4.68 Å². The number of hydrogen-bond acceptors (Lipinski definition) is 10. The van der Waals surface area contributed by atoms with E-state index in [2.05, 4.69) is 19.5 Å². The van der Waals surface area contributed by atoms with Crippen LogP contribution in [0, 0.1) is 10.1 Å². The van der Waals surface area contributed by atoms with Gasteiger partial charge < -0.3 is 33.8 Å². The zero-order valence-electron chi connectivity index (χ0n) is 24.1. The molecule has 0 N–H and O–H groups in total. The second-order valence-electron chi connectivity index (χ2n) is 11.2. The molecule has 1 unspecified atom stereocenters. The van der Waals surface area contributed by atoms with Crippen molar-refractivity contribution in [2.45, 2.75) is 70.7 Å². The number of ether oxygens (including phenoxy) is 3. The zero-order valence-corrected chi connectivity index (χ0v) is 24.1. The van der Waals surface area contributed by atoms with Gasteiger partial charge >= 0.3 is 5.82 Å². The molecule has 4 aromatic rings. The monoisotopic (exact) mass is 576 g/mol. The molecule has 0 bridgehead atoms. The third kappa shape index (κ3) is 5.73. The van der Waals surface area contributed by atoms with E-state index in [0.717, 1.165) is 55.5 Å². The van der Waals surface area contributed by atoms with Gasteiger partial charge in [0.1, 0.15) is 35.4 Å². The number of pyridine rings is 2. The zero-order chi connectivity index (χ0) is 29.2. The maximum atomic E-state index is 11.9. The first kappa shape index (κ1) is 27.9. The number of nitro groups is 1. The lowest BCUT2D eigenvalue weighted by atomic mass is 9.93. The molecular weight excluding hydrogens is 540 g/mol.